The van der Waals surface area contributed by atoms with Crippen LogP contribution in [0.4, 0.5) is 10.1 Å². The first kappa shape index (κ1) is 11.3. The largest absolute Gasteiger partial charge is 0.507 e. The van der Waals surface area contributed by atoms with Gasteiger partial charge in [-0.1, -0.05) is 12.1 Å². The van der Waals surface area contributed by atoms with Crippen LogP contribution in [0.2, 0.25) is 0 Å². The summed E-state index contributed by atoms with van der Waals surface area (Å²) in [6.07, 6.45) is 1.56. The minimum atomic E-state index is -0.244. The predicted octanol–water partition coefficient (Wildman–Crippen LogP) is 3.59. The smallest absolute Gasteiger partial charge is 0.126 e. The number of hydrogen-bond donors (Lipinski definition) is 1. The third kappa shape index (κ3) is 2.69. The molecule has 86 valence electrons. The predicted molar refractivity (Wildman–Crippen MR) is 66.5 cm³/mol. The van der Waals surface area contributed by atoms with E-state index in [9.17, 15) is 9.50 Å². The molecule has 2 aromatic rings. The van der Waals surface area contributed by atoms with Gasteiger partial charge in [0.15, 0.2) is 0 Å². The molecule has 0 aromatic heterocycles. The van der Waals surface area contributed by atoms with E-state index in [0.29, 0.717) is 16.8 Å². The average Bonchev–Trinajstić information content (AvgIpc) is 2.32. The Hall–Kier alpha value is -2.16. The van der Waals surface area contributed by atoms with E-state index in [0.717, 1.165) is 0 Å². The number of aryl methyl sites for hydroxylation is 1. The zero-order chi connectivity index (χ0) is 12.3. The quantitative estimate of drug-likeness (QED) is 0.784. The molecule has 0 spiro atoms. The van der Waals surface area contributed by atoms with E-state index in [4.69, 9.17) is 0 Å². The Morgan fingerprint density at radius 1 is 1.18 bits per heavy atom. The maximum Gasteiger partial charge on any atom is 0.126 e. The molecule has 0 saturated carbocycles. The molecule has 1 N–H and O–H groups in total. The Morgan fingerprint density at radius 2 is 1.94 bits per heavy atom. The van der Waals surface area contributed by atoms with Crippen molar-refractivity contribution in [1.82, 2.24) is 0 Å². The lowest BCUT2D eigenvalue weighted by atomic mass is 10.2. The highest BCUT2D eigenvalue weighted by Crippen LogP contribution is 2.18. The molecular formula is C14H12FNO. The van der Waals surface area contributed by atoms with Gasteiger partial charge in [-0.25, -0.2) is 4.39 Å². The lowest BCUT2D eigenvalue weighted by Crippen LogP contribution is -1.82. The summed E-state index contributed by atoms with van der Waals surface area (Å²) in [4.78, 5) is 4.19. The maximum absolute atomic E-state index is 13.0. The first-order valence-corrected chi connectivity index (χ1v) is 5.25. The van der Waals surface area contributed by atoms with Crippen molar-refractivity contribution in [2.75, 3.05) is 0 Å². The Balaban J connectivity index is 2.26. The number of para-hydroxylation sites is 1. The molecule has 17 heavy (non-hydrogen) atoms. The van der Waals surface area contributed by atoms with Crippen LogP contribution >= 0.6 is 0 Å². The molecule has 0 heterocycles. The van der Waals surface area contributed by atoms with Gasteiger partial charge in [-0.05, 0) is 42.8 Å². The Morgan fingerprint density at radius 3 is 2.65 bits per heavy atom. The molecule has 0 aliphatic rings. The summed E-state index contributed by atoms with van der Waals surface area (Å²) in [6.45, 7) is 1.69. The number of halogens is 1. The summed E-state index contributed by atoms with van der Waals surface area (Å²) in [5, 5.41) is 9.54. The van der Waals surface area contributed by atoms with Crippen LogP contribution in [0, 0.1) is 12.7 Å². The minimum absolute atomic E-state index is 0.176. The summed E-state index contributed by atoms with van der Waals surface area (Å²) < 4.78 is 13.0. The molecule has 0 bridgehead atoms. The van der Waals surface area contributed by atoms with Crippen LogP contribution in [-0.2, 0) is 0 Å². The fourth-order valence-corrected chi connectivity index (χ4v) is 1.45. The van der Waals surface area contributed by atoms with E-state index in [1.807, 2.05) is 6.07 Å². The number of aliphatic imine (C=N–C) groups is 1. The molecule has 0 aliphatic carbocycles. The second kappa shape index (κ2) is 4.78. The van der Waals surface area contributed by atoms with E-state index >= 15 is 0 Å². The second-order valence-corrected chi connectivity index (χ2v) is 3.75. The number of aromatic hydroxyl groups is 1. The molecule has 0 unspecified atom stereocenters. The summed E-state index contributed by atoms with van der Waals surface area (Å²) in [6, 6.07) is 11.6. The Labute approximate surface area is 99.1 Å². The molecule has 0 atom stereocenters. The van der Waals surface area contributed by atoms with Gasteiger partial charge in [0.05, 0.1) is 5.69 Å². The van der Waals surface area contributed by atoms with Crippen molar-refractivity contribution in [3.05, 3.63) is 59.4 Å². The van der Waals surface area contributed by atoms with Crippen molar-refractivity contribution < 1.29 is 9.50 Å². The zero-order valence-corrected chi connectivity index (χ0v) is 9.39. The van der Waals surface area contributed by atoms with Crippen molar-refractivity contribution in [2.45, 2.75) is 6.92 Å². The van der Waals surface area contributed by atoms with Crippen molar-refractivity contribution in [3.63, 3.8) is 0 Å². The Bertz CT molecular complexity index is 564. The van der Waals surface area contributed by atoms with Gasteiger partial charge in [0.2, 0.25) is 0 Å². The lowest BCUT2D eigenvalue weighted by molar-refractivity contribution is 0.474. The molecule has 2 rings (SSSR count). The first-order chi connectivity index (χ1) is 8.16. The maximum atomic E-state index is 13.0. The monoisotopic (exact) mass is 229 g/mol. The molecule has 2 nitrogen and oxygen atoms in total. The van der Waals surface area contributed by atoms with Crippen molar-refractivity contribution in [3.8, 4) is 5.75 Å². The third-order valence-corrected chi connectivity index (χ3v) is 2.43. The van der Waals surface area contributed by atoms with Crippen molar-refractivity contribution in [2.24, 2.45) is 4.99 Å². The number of phenolic OH excluding ortho intramolecular Hbond substituents is 1. The molecule has 0 saturated heterocycles. The van der Waals surface area contributed by atoms with Crippen molar-refractivity contribution in [1.29, 1.82) is 0 Å². The third-order valence-electron chi connectivity index (χ3n) is 2.43. The summed E-state index contributed by atoms with van der Waals surface area (Å²) in [5.41, 5.74) is 1.85. The normalized spacial score (nSPS) is 10.9. The lowest BCUT2D eigenvalue weighted by Gasteiger charge is -1.99. The standard InChI is InChI=1S/C14H12FNO/c1-10-8-12(6-7-13(10)15)16-9-11-4-2-3-5-14(11)17/h2-9,17H,1H3. The van der Waals surface area contributed by atoms with Crippen LogP contribution in [0.3, 0.4) is 0 Å². The highest BCUT2D eigenvalue weighted by atomic mass is 19.1. The number of rotatable bonds is 2. The van der Waals surface area contributed by atoms with Crippen LogP contribution in [-0.4, -0.2) is 11.3 Å². The molecule has 0 radical (unpaired) electrons. The SMILES string of the molecule is Cc1cc(N=Cc2ccccc2O)ccc1F. The van der Waals surface area contributed by atoms with E-state index in [1.54, 1.807) is 43.5 Å². The number of hydrogen-bond acceptors (Lipinski definition) is 2. The topological polar surface area (TPSA) is 32.6 Å². The van der Waals surface area contributed by atoms with Gasteiger partial charge in [0, 0.05) is 11.8 Å². The molecule has 0 amide bonds. The van der Waals surface area contributed by atoms with Gasteiger partial charge in [-0.2, -0.15) is 0 Å². The average molecular weight is 229 g/mol. The molecule has 0 aliphatic heterocycles. The van der Waals surface area contributed by atoms with Crippen LogP contribution in [0.25, 0.3) is 0 Å². The summed E-state index contributed by atoms with van der Waals surface area (Å²) in [5.74, 6) is -0.0680. The molecule has 3 heteroatoms. The van der Waals surface area contributed by atoms with Gasteiger partial charge in [0.1, 0.15) is 11.6 Å². The van der Waals surface area contributed by atoms with Crippen LogP contribution < -0.4 is 0 Å². The second-order valence-electron chi connectivity index (χ2n) is 3.75. The van der Waals surface area contributed by atoms with Crippen LogP contribution in [0.15, 0.2) is 47.5 Å². The first-order valence-electron chi connectivity index (χ1n) is 5.25. The highest BCUT2D eigenvalue weighted by Gasteiger charge is 1.98. The zero-order valence-electron chi connectivity index (χ0n) is 9.39. The van der Waals surface area contributed by atoms with E-state index in [1.165, 1.54) is 6.07 Å². The molecule has 0 fully saturated rings. The highest BCUT2D eigenvalue weighted by molar-refractivity contribution is 5.85. The van der Waals surface area contributed by atoms with E-state index in [-0.39, 0.29) is 11.6 Å². The van der Waals surface area contributed by atoms with E-state index in [2.05, 4.69) is 4.99 Å². The summed E-state index contributed by atoms with van der Waals surface area (Å²) in [7, 11) is 0. The van der Waals surface area contributed by atoms with Gasteiger partial charge in [-0.15, -0.1) is 0 Å². The minimum Gasteiger partial charge on any atom is -0.507 e. The fraction of sp³-hybridized carbons (Fsp3) is 0.0714. The fourth-order valence-electron chi connectivity index (χ4n) is 1.45. The van der Waals surface area contributed by atoms with Gasteiger partial charge in [-0.3, -0.25) is 4.99 Å². The van der Waals surface area contributed by atoms with E-state index < -0.39 is 0 Å². The van der Waals surface area contributed by atoms with Gasteiger partial charge in [0.25, 0.3) is 0 Å². The van der Waals surface area contributed by atoms with Gasteiger partial charge < -0.3 is 5.11 Å². The van der Waals surface area contributed by atoms with Crippen molar-refractivity contribution >= 4 is 11.9 Å². The molecular weight excluding hydrogens is 217 g/mol. The number of nitrogens with zero attached hydrogens (tertiary/aromatic N) is 1. The van der Waals surface area contributed by atoms with Crippen LogP contribution in [0.5, 0.6) is 5.75 Å². The number of phenols is 1. The number of benzene rings is 2. The Kier molecular flexibility index (Phi) is 3.19. The van der Waals surface area contributed by atoms with Crippen LogP contribution in [0.1, 0.15) is 11.1 Å². The van der Waals surface area contributed by atoms with Gasteiger partial charge >= 0.3 is 0 Å². The summed E-state index contributed by atoms with van der Waals surface area (Å²) >= 11 is 0. The molecule has 2 aromatic carbocycles.